The van der Waals surface area contributed by atoms with Crippen molar-refractivity contribution < 1.29 is 19.1 Å². The van der Waals surface area contributed by atoms with Gasteiger partial charge in [0.1, 0.15) is 11.5 Å². The normalized spacial score (nSPS) is 14.2. The van der Waals surface area contributed by atoms with Crippen LogP contribution < -0.4 is 9.47 Å². The van der Waals surface area contributed by atoms with Gasteiger partial charge in [0, 0.05) is 17.0 Å². The number of benzene rings is 2. The van der Waals surface area contributed by atoms with E-state index in [9.17, 15) is 9.59 Å². The summed E-state index contributed by atoms with van der Waals surface area (Å²) in [6, 6.07) is 15.5. The molecule has 0 atom stereocenters. The third kappa shape index (κ3) is 3.05. The van der Waals surface area contributed by atoms with Crippen LogP contribution in [0.1, 0.15) is 31.2 Å². The van der Waals surface area contributed by atoms with Crippen LogP contribution in [0.5, 0.6) is 11.5 Å². The Labute approximate surface area is 154 Å². The summed E-state index contributed by atoms with van der Waals surface area (Å²) in [5, 5.41) is 1.97. The highest BCUT2D eigenvalue weighted by molar-refractivity contribution is 7.11. The van der Waals surface area contributed by atoms with Crippen LogP contribution in [0.25, 0.3) is 6.08 Å². The van der Waals surface area contributed by atoms with Crippen LogP contribution >= 0.6 is 11.3 Å². The molecule has 0 amide bonds. The molecular weight excluding hydrogens is 348 g/mol. The summed E-state index contributed by atoms with van der Waals surface area (Å²) < 4.78 is 11.1. The minimum atomic E-state index is -0.458. The van der Waals surface area contributed by atoms with Gasteiger partial charge in [-0.3, -0.25) is 4.79 Å². The number of ether oxygens (including phenoxy) is 2. The van der Waals surface area contributed by atoms with Crippen LogP contribution in [-0.4, -0.2) is 11.8 Å². The molecule has 26 heavy (non-hydrogen) atoms. The smallest absolute Gasteiger partial charge is 0.343 e. The molecule has 1 aromatic heterocycles. The minimum absolute atomic E-state index is 0.172. The highest BCUT2D eigenvalue weighted by Crippen LogP contribution is 2.35. The lowest BCUT2D eigenvalue weighted by atomic mass is 10.1. The van der Waals surface area contributed by atoms with E-state index in [0.29, 0.717) is 22.6 Å². The molecule has 2 aromatic carbocycles. The van der Waals surface area contributed by atoms with Gasteiger partial charge in [0.2, 0.25) is 5.78 Å². The summed E-state index contributed by atoms with van der Waals surface area (Å²) in [4.78, 5) is 25.6. The van der Waals surface area contributed by atoms with Crippen LogP contribution in [0, 0.1) is 6.92 Å². The maximum Gasteiger partial charge on any atom is 0.343 e. The van der Waals surface area contributed by atoms with Gasteiger partial charge in [-0.1, -0.05) is 18.2 Å². The number of hydrogen-bond acceptors (Lipinski definition) is 5. The first-order valence-corrected chi connectivity index (χ1v) is 8.89. The van der Waals surface area contributed by atoms with Crippen molar-refractivity contribution in [1.82, 2.24) is 0 Å². The number of fused-ring (bicyclic) bond motifs is 1. The summed E-state index contributed by atoms with van der Waals surface area (Å²) in [5.41, 5.74) is 2.01. The van der Waals surface area contributed by atoms with Gasteiger partial charge in [-0.05, 0) is 48.2 Å². The molecule has 2 heterocycles. The van der Waals surface area contributed by atoms with Gasteiger partial charge in [-0.25, -0.2) is 4.79 Å². The van der Waals surface area contributed by atoms with Crippen LogP contribution in [0.2, 0.25) is 0 Å². The van der Waals surface area contributed by atoms with E-state index in [2.05, 4.69) is 0 Å². The Morgan fingerprint density at radius 1 is 1.12 bits per heavy atom. The Balaban J connectivity index is 1.57. The Hall–Kier alpha value is -3.18. The second-order valence-corrected chi connectivity index (χ2v) is 6.77. The van der Waals surface area contributed by atoms with E-state index in [4.69, 9.17) is 9.47 Å². The quantitative estimate of drug-likeness (QED) is 0.378. The summed E-state index contributed by atoms with van der Waals surface area (Å²) in [6.45, 7) is 1.98. The summed E-state index contributed by atoms with van der Waals surface area (Å²) in [7, 11) is 0. The second kappa shape index (κ2) is 6.61. The van der Waals surface area contributed by atoms with Crippen molar-refractivity contribution in [2.45, 2.75) is 6.92 Å². The number of Topliss-reactive ketones (excluding diaryl/α,β-unsaturated/α-hetero) is 1. The van der Waals surface area contributed by atoms with Crippen LogP contribution in [0.3, 0.4) is 0 Å². The highest BCUT2D eigenvalue weighted by Gasteiger charge is 2.28. The van der Waals surface area contributed by atoms with Crippen LogP contribution in [0.4, 0.5) is 0 Å². The van der Waals surface area contributed by atoms with Crippen molar-refractivity contribution in [1.29, 1.82) is 0 Å². The largest absolute Gasteiger partial charge is 0.452 e. The molecule has 0 spiro atoms. The van der Waals surface area contributed by atoms with Crippen molar-refractivity contribution in [2.24, 2.45) is 0 Å². The van der Waals surface area contributed by atoms with Crippen molar-refractivity contribution in [3.05, 3.63) is 87.3 Å². The number of hydrogen-bond donors (Lipinski definition) is 0. The summed E-state index contributed by atoms with van der Waals surface area (Å²) >= 11 is 1.55. The van der Waals surface area contributed by atoms with E-state index < -0.39 is 5.97 Å². The zero-order chi connectivity index (χ0) is 18.1. The molecule has 4 rings (SSSR count). The molecule has 0 fully saturated rings. The molecule has 128 valence electrons. The average molecular weight is 362 g/mol. The van der Waals surface area contributed by atoms with E-state index in [-0.39, 0.29) is 11.5 Å². The monoisotopic (exact) mass is 362 g/mol. The van der Waals surface area contributed by atoms with E-state index in [1.807, 2.05) is 24.4 Å². The fourth-order valence-electron chi connectivity index (χ4n) is 2.62. The zero-order valence-electron chi connectivity index (χ0n) is 13.9. The molecule has 0 saturated carbocycles. The minimum Gasteiger partial charge on any atom is -0.452 e. The molecule has 0 unspecified atom stereocenters. The molecule has 0 bridgehead atoms. The Kier molecular flexibility index (Phi) is 4.14. The van der Waals surface area contributed by atoms with Crippen LogP contribution in [-0.2, 0) is 0 Å². The van der Waals surface area contributed by atoms with Crippen molar-refractivity contribution >= 4 is 29.2 Å². The van der Waals surface area contributed by atoms with Crippen molar-refractivity contribution in [3.63, 3.8) is 0 Å². The average Bonchev–Trinajstić information content (AvgIpc) is 3.19. The molecule has 0 N–H and O–H groups in total. The number of rotatable bonds is 3. The van der Waals surface area contributed by atoms with Gasteiger partial charge in [-0.2, -0.15) is 0 Å². The number of carbonyl (C=O) groups excluding carboxylic acids is 2. The molecule has 5 heteroatoms. The molecular formula is C21H14O4S. The third-order valence-electron chi connectivity index (χ3n) is 4.03. The van der Waals surface area contributed by atoms with Gasteiger partial charge >= 0.3 is 5.97 Å². The van der Waals surface area contributed by atoms with Gasteiger partial charge in [0.15, 0.2) is 5.76 Å². The third-order valence-corrected chi connectivity index (χ3v) is 4.99. The Morgan fingerprint density at radius 3 is 2.65 bits per heavy atom. The van der Waals surface area contributed by atoms with Crippen molar-refractivity contribution in [2.75, 3.05) is 0 Å². The first-order valence-electron chi connectivity index (χ1n) is 8.01. The second-order valence-electron chi connectivity index (χ2n) is 5.82. The van der Waals surface area contributed by atoms with Crippen LogP contribution in [0.15, 0.2) is 65.7 Å². The predicted octanol–water partition coefficient (Wildman–Crippen LogP) is 4.89. The molecule has 1 aliphatic rings. The van der Waals surface area contributed by atoms with E-state index in [1.165, 1.54) is 0 Å². The maximum atomic E-state index is 12.5. The van der Waals surface area contributed by atoms with Gasteiger partial charge in [0.05, 0.1) is 11.1 Å². The first kappa shape index (κ1) is 16.3. The number of carbonyl (C=O) groups is 2. The molecule has 0 aliphatic carbocycles. The molecule has 4 nitrogen and oxygen atoms in total. The number of allylic oxidation sites excluding steroid dienone is 1. The lowest BCUT2D eigenvalue weighted by Gasteiger charge is -2.05. The molecule has 0 saturated heterocycles. The molecule has 3 aromatic rings. The summed E-state index contributed by atoms with van der Waals surface area (Å²) in [6.07, 6.45) is 1.75. The standard InChI is InChI=1S/C21H14O4S/c1-13-9-10-26-19(13)12-18-20(22)16-8-7-15(11-17(16)25-18)24-21(23)14-5-3-2-4-6-14/h2-12H,1H3/b18-12+. The number of ketones is 1. The highest BCUT2D eigenvalue weighted by atomic mass is 32.1. The maximum absolute atomic E-state index is 12.5. The molecule has 1 aliphatic heterocycles. The van der Waals surface area contributed by atoms with Gasteiger partial charge < -0.3 is 9.47 Å². The fourth-order valence-corrected chi connectivity index (χ4v) is 3.47. The Bertz CT molecular complexity index is 1030. The molecule has 0 radical (unpaired) electrons. The summed E-state index contributed by atoms with van der Waals surface area (Å²) in [5.74, 6) is 0.374. The Morgan fingerprint density at radius 2 is 1.92 bits per heavy atom. The van der Waals surface area contributed by atoms with E-state index in [0.717, 1.165) is 10.4 Å². The SMILES string of the molecule is Cc1ccsc1/C=C1/Oc2cc(OC(=O)c3ccccc3)ccc2C1=O. The first-order chi connectivity index (χ1) is 12.6. The predicted molar refractivity (Wildman–Crippen MR) is 99.8 cm³/mol. The lowest BCUT2D eigenvalue weighted by molar-refractivity contribution is 0.0734. The van der Waals surface area contributed by atoms with E-state index >= 15 is 0 Å². The van der Waals surface area contributed by atoms with Gasteiger partial charge in [0.25, 0.3) is 0 Å². The van der Waals surface area contributed by atoms with Crippen molar-refractivity contribution in [3.8, 4) is 11.5 Å². The number of thiophene rings is 1. The zero-order valence-corrected chi connectivity index (χ0v) is 14.7. The van der Waals surface area contributed by atoms with Gasteiger partial charge in [-0.15, -0.1) is 11.3 Å². The lowest BCUT2D eigenvalue weighted by Crippen LogP contribution is -2.08. The number of esters is 1. The number of aryl methyl sites for hydroxylation is 1. The topological polar surface area (TPSA) is 52.6 Å². The fraction of sp³-hybridized carbons (Fsp3) is 0.0476. The van der Waals surface area contributed by atoms with E-state index in [1.54, 1.807) is 59.9 Å².